The van der Waals surface area contributed by atoms with Crippen molar-refractivity contribution in [1.82, 2.24) is 15.1 Å². The lowest BCUT2D eigenvalue weighted by atomic mass is 10.00. The van der Waals surface area contributed by atoms with E-state index in [0.29, 0.717) is 18.7 Å². The van der Waals surface area contributed by atoms with Crippen LogP contribution in [0.2, 0.25) is 0 Å². The van der Waals surface area contributed by atoms with Crippen LogP contribution in [0.4, 0.5) is 5.69 Å². The summed E-state index contributed by atoms with van der Waals surface area (Å²) in [7, 11) is 0. The maximum Gasteiger partial charge on any atom is 0.277 e. The third-order valence-electron chi connectivity index (χ3n) is 4.78. The van der Waals surface area contributed by atoms with E-state index in [1.165, 1.54) is 35.0 Å². The molecule has 8 nitrogen and oxygen atoms in total. The highest BCUT2D eigenvalue weighted by atomic mass is 32.2. The first-order chi connectivity index (χ1) is 14.0. The Morgan fingerprint density at radius 3 is 2.79 bits per heavy atom. The number of nitro groups is 1. The molecule has 9 heteroatoms. The molecule has 0 fully saturated rings. The number of hydrogen-bond donors (Lipinski definition) is 0. The molecule has 1 atom stereocenters. The number of nitrogens with zero attached hydrogens (tertiary/aromatic N) is 4. The predicted octanol–water partition coefficient (Wildman–Crippen LogP) is 3.71. The van der Waals surface area contributed by atoms with E-state index >= 15 is 0 Å². The van der Waals surface area contributed by atoms with Crippen molar-refractivity contribution in [2.24, 2.45) is 0 Å². The third-order valence-corrected chi connectivity index (χ3v) is 5.70. The van der Waals surface area contributed by atoms with Crippen LogP contribution in [0.5, 0.6) is 0 Å². The Labute approximate surface area is 171 Å². The highest BCUT2D eigenvalue weighted by Crippen LogP contribution is 2.29. The standard InChI is InChI=1S/C20H18N4O4S/c1-13(19(25)23-10-9-14-5-2-3-6-16(14)12-23)29-20-22-21-18(28-20)15-7-4-8-17(11-15)24(26)27/h2-8,11,13H,9-10,12H2,1H3/t13-/m1/s1. The molecule has 1 amide bonds. The zero-order valence-electron chi connectivity index (χ0n) is 15.6. The smallest absolute Gasteiger partial charge is 0.277 e. The van der Waals surface area contributed by atoms with Gasteiger partial charge in [-0.2, -0.15) is 0 Å². The topological polar surface area (TPSA) is 102 Å². The van der Waals surface area contributed by atoms with Gasteiger partial charge in [0.25, 0.3) is 10.9 Å². The second-order valence-corrected chi connectivity index (χ2v) is 8.01. The number of amides is 1. The van der Waals surface area contributed by atoms with Crippen LogP contribution in [0.15, 0.2) is 58.2 Å². The molecule has 2 heterocycles. The largest absolute Gasteiger partial charge is 0.411 e. The molecule has 29 heavy (non-hydrogen) atoms. The normalized spacial score (nSPS) is 14.3. The van der Waals surface area contributed by atoms with E-state index in [1.807, 2.05) is 24.0 Å². The maximum atomic E-state index is 12.8. The molecule has 1 aliphatic heterocycles. The quantitative estimate of drug-likeness (QED) is 0.359. The van der Waals surface area contributed by atoms with Gasteiger partial charge in [0.05, 0.1) is 10.2 Å². The lowest BCUT2D eigenvalue weighted by Gasteiger charge is -2.30. The molecule has 148 valence electrons. The molecule has 0 bridgehead atoms. The van der Waals surface area contributed by atoms with Crippen molar-refractivity contribution in [2.45, 2.75) is 30.4 Å². The number of carbonyl (C=O) groups is 1. The van der Waals surface area contributed by atoms with Gasteiger partial charge < -0.3 is 9.32 Å². The van der Waals surface area contributed by atoms with E-state index in [-0.39, 0.29) is 22.7 Å². The number of nitro benzene ring substituents is 1. The van der Waals surface area contributed by atoms with Crippen molar-refractivity contribution in [3.05, 3.63) is 69.8 Å². The first kappa shape index (κ1) is 19.1. The first-order valence-corrected chi connectivity index (χ1v) is 10.00. The van der Waals surface area contributed by atoms with Gasteiger partial charge in [-0.3, -0.25) is 14.9 Å². The van der Waals surface area contributed by atoms with Gasteiger partial charge in [0.1, 0.15) is 0 Å². The van der Waals surface area contributed by atoms with Gasteiger partial charge in [0.15, 0.2) is 0 Å². The van der Waals surface area contributed by atoms with Crippen molar-refractivity contribution in [3.8, 4) is 11.5 Å². The fraction of sp³-hybridized carbons (Fsp3) is 0.250. The minimum Gasteiger partial charge on any atom is -0.411 e. The fourth-order valence-corrected chi connectivity index (χ4v) is 4.04. The van der Waals surface area contributed by atoms with Crippen LogP contribution in [0.1, 0.15) is 18.1 Å². The van der Waals surface area contributed by atoms with Gasteiger partial charge in [0.2, 0.25) is 11.8 Å². The number of thioether (sulfide) groups is 1. The van der Waals surface area contributed by atoms with Crippen molar-refractivity contribution >= 4 is 23.4 Å². The summed E-state index contributed by atoms with van der Waals surface area (Å²) >= 11 is 1.19. The van der Waals surface area contributed by atoms with Crippen LogP contribution >= 0.6 is 11.8 Å². The highest BCUT2D eigenvalue weighted by Gasteiger charge is 2.26. The van der Waals surface area contributed by atoms with E-state index in [9.17, 15) is 14.9 Å². The molecule has 0 radical (unpaired) electrons. The maximum absolute atomic E-state index is 12.8. The van der Waals surface area contributed by atoms with Gasteiger partial charge in [0, 0.05) is 30.8 Å². The van der Waals surface area contributed by atoms with Crippen molar-refractivity contribution < 1.29 is 14.1 Å². The number of aromatic nitrogens is 2. The van der Waals surface area contributed by atoms with E-state index in [4.69, 9.17) is 4.42 Å². The van der Waals surface area contributed by atoms with Crippen molar-refractivity contribution in [1.29, 1.82) is 0 Å². The van der Waals surface area contributed by atoms with Crippen LogP contribution in [-0.4, -0.2) is 37.7 Å². The molecule has 2 aromatic carbocycles. The summed E-state index contributed by atoms with van der Waals surface area (Å²) in [5.41, 5.74) is 2.87. The predicted molar refractivity (Wildman–Crippen MR) is 107 cm³/mol. The number of rotatable bonds is 5. The van der Waals surface area contributed by atoms with Crippen LogP contribution in [-0.2, 0) is 17.8 Å². The van der Waals surface area contributed by atoms with Gasteiger partial charge in [-0.1, -0.05) is 42.1 Å². The Balaban J connectivity index is 1.43. The van der Waals surface area contributed by atoms with E-state index in [0.717, 1.165) is 6.42 Å². The van der Waals surface area contributed by atoms with Crippen LogP contribution in [0, 0.1) is 10.1 Å². The molecular weight excluding hydrogens is 392 g/mol. The molecular formula is C20H18N4O4S. The number of non-ortho nitro benzene ring substituents is 1. The molecule has 0 saturated carbocycles. The summed E-state index contributed by atoms with van der Waals surface area (Å²) in [5, 5.41) is 18.7. The molecule has 3 aromatic rings. The van der Waals surface area contributed by atoms with Gasteiger partial charge >= 0.3 is 0 Å². The number of benzene rings is 2. The van der Waals surface area contributed by atoms with E-state index in [2.05, 4.69) is 22.3 Å². The van der Waals surface area contributed by atoms with E-state index in [1.54, 1.807) is 12.1 Å². The SMILES string of the molecule is C[C@@H](Sc1nnc(-c2cccc([N+](=O)[O-])c2)o1)C(=O)N1CCc2ccccc2C1. The number of hydrogen-bond acceptors (Lipinski definition) is 7. The monoisotopic (exact) mass is 410 g/mol. The Morgan fingerprint density at radius 1 is 1.21 bits per heavy atom. The molecule has 0 aliphatic carbocycles. The molecule has 1 aliphatic rings. The third kappa shape index (κ3) is 4.14. The number of fused-ring (bicyclic) bond motifs is 1. The average Bonchev–Trinajstić information content (AvgIpc) is 3.21. The first-order valence-electron chi connectivity index (χ1n) is 9.12. The molecule has 0 saturated heterocycles. The lowest BCUT2D eigenvalue weighted by molar-refractivity contribution is -0.384. The summed E-state index contributed by atoms with van der Waals surface area (Å²) in [4.78, 5) is 25.1. The molecule has 0 N–H and O–H groups in total. The Hall–Kier alpha value is -3.20. The summed E-state index contributed by atoms with van der Waals surface area (Å²) in [6.07, 6.45) is 0.844. The van der Waals surface area contributed by atoms with Crippen LogP contribution in [0.25, 0.3) is 11.5 Å². The Morgan fingerprint density at radius 2 is 2.00 bits per heavy atom. The zero-order valence-corrected chi connectivity index (χ0v) is 16.5. The zero-order chi connectivity index (χ0) is 20.4. The van der Waals surface area contributed by atoms with Gasteiger partial charge in [-0.25, -0.2) is 0 Å². The van der Waals surface area contributed by atoms with Crippen LogP contribution in [0.3, 0.4) is 0 Å². The molecule has 4 rings (SSSR count). The summed E-state index contributed by atoms with van der Waals surface area (Å²) in [6.45, 7) is 3.09. The van der Waals surface area contributed by atoms with E-state index < -0.39 is 10.2 Å². The Kier molecular flexibility index (Phi) is 5.30. The molecule has 0 unspecified atom stereocenters. The fourth-order valence-electron chi connectivity index (χ4n) is 3.27. The summed E-state index contributed by atoms with van der Waals surface area (Å²) in [6, 6.07) is 14.1. The molecule has 0 spiro atoms. The second-order valence-electron chi connectivity index (χ2n) is 6.72. The summed E-state index contributed by atoms with van der Waals surface area (Å²) < 4.78 is 5.62. The van der Waals surface area contributed by atoms with Crippen LogP contribution < -0.4 is 0 Å². The Bertz CT molecular complexity index is 1070. The second kappa shape index (κ2) is 8.04. The lowest BCUT2D eigenvalue weighted by Crippen LogP contribution is -2.40. The average molecular weight is 410 g/mol. The molecule has 1 aromatic heterocycles. The summed E-state index contributed by atoms with van der Waals surface area (Å²) in [5.74, 6) is 0.197. The highest BCUT2D eigenvalue weighted by molar-refractivity contribution is 8.00. The van der Waals surface area contributed by atoms with Gasteiger partial charge in [-0.15, -0.1) is 10.2 Å². The van der Waals surface area contributed by atoms with Crippen molar-refractivity contribution in [3.63, 3.8) is 0 Å². The minimum atomic E-state index is -0.479. The number of carbonyl (C=O) groups excluding carboxylic acids is 1. The minimum absolute atomic E-state index is 0.0135. The van der Waals surface area contributed by atoms with Gasteiger partial charge in [-0.05, 0) is 30.5 Å². The van der Waals surface area contributed by atoms with Crippen molar-refractivity contribution in [2.75, 3.05) is 6.54 Å².